The predicted octanol–water partition coefficient (Wildman–Crippen LogP) is 4.11. The number of nitrogens with one attached hydrogen (secondary N) is 2. The number of imidazole rings is 1. The minimum atomic E-state index is -1.08. The zero-order valence-electron chi connectivity index (χ0n) is 17.0. The molecule has 1 aromatic heterocycles. The van der Waals surface area contributed by atoms with Gasteiger partial charge in [-0.1, -0.05) is 30.3 Å². The summed E-state index contributed by atoms with van der Waals surface area (Å²) in [5, 5.41) is 11.5. The quantitative estimate of drug-likeness (QED) is 0.397. The van der Waals surface area contributed by atoms with Crippen molar-refractivity contribution in [1.29, 1.82) is 0 Å². The Bertz CT molecular complexity index is 1280. The van der Waals surface area contributed by atoms with Gasteiger partial charge in [-0.3, -0.25) is 4.79 Å². The Labute approximate surface area is 182 Å². The predicted molar refractivity (Wildman–Crippen MR) is 118 cm³/mol. The van der Waals surface area contributed by atoms with Crippen LogP contribution in [0.3, 0.4) is 0 Å². The third-order valence-corrected chi connectivity index (χ3v) is 4.84. The normalized spacial score (nSPS) is 11.7. The van der Waals surface area contributed by atoms with Crippen LogP contribution in [0.2, 0.25) is 0 Å². The number of aromatic amines is 1. The zero-order valence-corrected chi connectivity index (χ0v) is 17.0. The van der Waals surface area contributed by atoms with Crippen molar-refractivity contribution in [2.24, 2.45) is 0 Å². The van der Waals surface area contributed by atoms with Crippen LogP contribution in [0, 0.1) is 0 Å². The molecule has 8 nitrogen and oxygen atoms in total. The summed E-state index contributed by atoms with van der Waals surface area (Å²) in [5.74, 6) is -1.74. The minimum absolute atomic E-state index is 0.102. The molecule has 1 atom stereocenters. The Kier molecular flexibility index (Phi) is 5.67. The molecule has 0 aliphatic heterocycles. The number of hydrogen-bond donors (Lipinski definition) is 3. The van der Waals surface area contributed by atoms with Crippen LogP contribution in [0.1, 0.15) is 27.6 Å². The fourth-order valence-electron chi connectivity index (χ4n) is 3.17. The van der Waals surface area contributed by atoms with Gasteiger partial charge < -0.3 is 20.1 Å². The Morgan fingerprint density at radius 3 is 2.38 bits per heavy atom. The fraction of sp³-hybridized carbons (Fsp3) is 0.0833. The molecule has 0 spiro atoms. The van der Waals surface area contributed by atoms with Crippen molar-refractivity contribution in [1.82, 2.24) is 9.97 Å². The smallest absolute Gasteiger partial charge is 0.339 e. The largest absolute Gasteiger partial charge is 0.478 e. The van der Waals surface area contributed by atoms with Crippen molar-refractivity contribution in [2.45, 2.75) is 13.0 Å². The van der Waals surface area contributed by atoms with Crippen LogP contribution < -0.4 is 5.32 Å². The molecule has 3 N–H and O–H groups in total. The topological polar surface area (TPSA) is 121 Å². The first-order valence-electron chi connectivity index (χ1n) is 9.82. The molecule has 8 heteroatoms. The Morgan fingerprint density at radius 2 is 1.66 bits per heavy atom. The zero-order chi connectivity index (χ0) is 22.7. The van der Waals surface area contributed by atoms with E-state index in [1.807, 2.05) is 24.3 Å². The van der Waals surface area contributed by atoms with E-state index in [2.05, 4.69) is 15.3 Å². The number of aromatic carboxylic acids is 1. The van der Waals surface area contributed by atoms with Gasteiger partial charge in [-0.15, -0.1) is 0 Å². The van der Waals surface area contributed by atoms with Crippen LogP contribution in [-0.4, -0.2) is 39.0 Å². The van der Waals surface area contributed by atoms with E-state index in [-0.39, 0.29) is 11.1 Å². The lowest BCUT2D eigenvalue weighted by molar-refractivity contribution is -0.123. The Hall–Kier alpha value is -4.46. The van der Waals surface area contributed by atoms with Gasteiger partial charge in [0.15, 0.2) is 6.10 Å². The van der Waals surface area contributed by atoms with Crippen molar-refractivity contribution in [2.75, 3.05) is 5.32 Å². The number of carbonyl (C=O) groups excluding carboxylic acids is 2. The number of ether oxygens (including phenoxy) is 1. The number of fused-ring (bicyclic) bond motifs is 1. The molecule has 0 aliphatic rings. The average Bonchev–Trinajstić information content (AvgIpc) is 3.23. The number of amides is 1. The van der Waals surface area contributed by atoms with Crippen LogP contribution in [0.15, 0.2) is 72.8 Å². The maximum absolute atomic E-state index is 12.8. The lowest BCUT2D eigenvalue weighted by Crippen LogP contribution is -2.30. The van der Waals surface area contributed by atoms with Gasteiger partial charge in [-0.25, -0.2) is 14.6 Å². The highest BCUT2D eigenvalue weighted by Gasteiger charge is 2.22. The van der Waals surface area contributed by atoms with E-state index in [1.54, 1.807) is 24.3 Å². The van der Waals surface area contributed by atoms with Crippen molar-refractivity contribution in [3.63, 3.8) is 0 Å². The number of esters is 1. The van der Waals surface area contributed by atoms with Crippen molar-refractivity contribution >= 4 is 34.6 Å². The summed E-state index contributed by atoms with van der Waals surface area (Å²) in [6, 6.07) is 20.1. The molecule has 0 saturated heterocycles. The minimum Gasteiger partial charge on any atom is -0.478 e. The lowest BCUT2D eigenvalue weighted by atomic mass is 10.1. The van der Waals surface area contributed by atoms with Crippen LogP contribution >= 0.6 is 0 Å². The Balaban J connectivity index is 1.49. The summed E-state index contributed by atoms with van der Waals surface area (Å²) < 4.78 is 5.38. The molecule has 1 heterocycles. The molecule has 1 unspecified atom stereocenters. The molecule has 1 amide bonds. The molecule has 0 aliphatic carbocycles. The highest BCUT2D eigenvalue weighted by molar-refractivity contribution is 6.00. The molecule has 160 valence electrons. The van der Waals surface area contributed by atoms with Gasteiger partial charge in [0, 0.05) is 11.3 Å². The monoisotopic (exact) mass is 429 g/mol. The molecule has 0 fully saturated rings. The summed E-state index contributed by atoms with van der Waals surface area (Å²) >= 11 is 0. The van der Waals surface area contributed by atoms with Crippen LogP contribution in [-0.2, 0) is 9.53 Å². The number of carbonyl (C=O) groups is 3. The maximum atomic E-state index is 12.8. The van der Waals surface area contributed by atoms with Crippen LogP contribution in [0.5, 0.6) is 0 Å². The van der Waals surface area contributed by atoms with E-state index < -0.39 is 23.9 Å². The number of para-hydroxylation sites is 2. The number of rotatable bonds is 6. The second-order valence-corrected chi connectivity index (χ2v) is 7.07. The standard InChI is InChI=1S/C24H19N3O5/c1-14(22(28)25-16-12-10-15(11-13-16)23(29)30)32-24(31)18-7-3-2-6-17(18)21-26-19-8-4-5-9-20(19)27-21/h2-14H,1H3,(H,25,28)(H,26,27)(H,29,30). The molecular formula is C24H19N3O5. The summed E-state index contributed by atoms with van der Waals surface area (Å²) in [6.45, 7) is 1.46. The first-order chi connectivity index (χ1) is 15.4. The van der Waals surface area contributed by atoms with Crippen LogP contribution in [0.4, 0.5) is 5.69 Å². The lowest BCUT2D eigenvalue weighted by Gasteiger charge is -2.15. The summed E-state index contributed by atoms with van der Waals surface area (Å²) in [6.07, 6.45) is -1.08. The van der Waals surface area contributed by atoms with E-state index in [0.717, 1.165) is 11.0 Å². The van der Waals surface area contributed by atoms with Crippen molar-refractivity contribution < 1.29 is 24.2 Å². The van der Waals surface area contributed by atoms with Crippen molar-refractivity contribution in [3.8, 4) is 11.4 Å². The number of hydrogen-bond acceptors (Lipinski definition) is 5. The highest BCUT2D eigenvalue weighted by atomic mass is 16.5. The summed E-state index contributed by atoms with van der Waals surface area (Å²) in [4.78, 5) is 43.9. The van der Waals surface area contributed by atoms with Gasteiger partial charge in [0.25, 0.3) is 5.91 Å². The second kappa shape index (κ2) is 8.73. The first kappa shape index (κ1) is 20.8. The van der Waals surface area contributed by atoms with Gasteiger partial charge in [0.2, 0.25) is 0 Å². The number of carboxylic acids is 1. The van der Waals surface area contributed by atoms with Gasteiger partial charge in [0.1, 0.15) is 5.82 Å². The van der Waals surface area contributed by atoms with E-state index in [0.29, 0.717) is 17.1 Å². The molecular weight excluding hydrogens is 410 g/mol. The second-order valence-electron chi connectivity index (χ2n) is 7.07. The maximum Gasteiger partial charge on any atom is 0.339 e. The van der Waals surface area contributed by atoms with Crippen LogP contribution in [0.25, 0.3) is 22.4 Å². The van der Waals surface area contributed by atoms with E-state index in [4.69, 9.17) is 9.84 Å². The van der Waals surface area contributed by atoms with E-state index >= 15 is 0 Å². The third kappa shape index (κ3) is 4.34. The average molecular weight is 429 g/mol. The molecule has 4 aromatic rings. The van der Waals surface area contributed by atoms with E-state index in [9.17, 15) is 14.4 Å². The van der Waals surface area contributed by atoms with Crippen molar-refractivity contribution in [3.05, 3.63) is 83.9 Å². The highest BCUT2D eigenvalue weighted by Crippen LogP contribution is 2.25. The molecule has 32 heavy (non-hydrogen) atoms. The molecule has 3 aromatic carbocycles. The summed E-state index contributed by atoms with van der Waals surface area (Å²) in [5.41, 5.74) is 2.94. The number of benzene rings is 3. The summed E-state index contributed by atoms with van der Waals surface area (Å²) in [7, 11) is 0. The molecule has 0 saturated carbocycles. The molecule has 0 radical (unpaired) electrons. The number of carboxylic acid groups (broad SMARTS) is 1. The van der Waals surface area contributed by atoms with Gasteiger partial charge in [-0.2, -0.15) is 0 Å². The SMILES string of the molecule is CC(OC(=O)c1ccccc1-c1nc2ccccc2[nH]1)C(=O)Nc1ccc(C(=O)O)cc1. The number of nitrogens with zero attached hydrogens (tertiary/aromatic N) is 1. The van der Waals surface area contributed by atoms with Gasteiger partial charge in [0.05, 0.1) is 22.2 Å². The van der Waals surface area contributed by atoms with E-state index in [1.165, 1.54) is 31.2 Å². The number of H-pyrrole nitrogens is 1. The van der Waals surface area contributed by atoms with Gasteiger partial charge in [-0.05, 0) is 49.4 Å². The third-order valence-electron chi connectivity index (χ3n) is 4.84. The Morgan fingerprint density at radius 1 is 0.969 bits per heavy atom. The first-order valence-corrected chi connectivity index (χ1v) is 9.82. The number of aromatic nitrogens is 2. The fourth-order valence-corrected chi connectivity index (χ4v) is 3.17. The molecule has 0 bridgehead atoms. The molecule has 4 rings (SSSR count). The number of anilines is 1. The van der Waals surface area contributed by atoms with Gasteiger partial charge >= 0.3 is 11.9 Å².